The van der Waals surface area contributed by atoms with Crippen molar-refractivity contribution < 1.29 is 0 Å². The van der Waals surface area contributed by atoms with Crippen LogP contribution in [-0.2, 0) is 0 Å². The molecule has 0 bridgehead atoms. The van der Waals surface area contributed by atoms with Crippen molar-refractivity contribution >= 4 is 56.1 Å². The third-order valence-corrected chi connectivity index (χ3v) is 10.7. The lowest BCUT2D eigenvalue weighted by Gasteiger charge is -2.20. The van der Waals surface area contributed by atoms with Gasteiger partial charge in [-0.15, -0.1) is 0 Å². The average Bonchev–Trinajstić information content (AvgIpc) is 3.70. The lowest BCUT2D eigenvalue weighted by molar-refractivity contribution is 0.910. The summed E-state index contributed by atoms with van der Waals surface area (Å²) >= 11 is 0. The molecule has 2 heteroatoms. The zero-order chi connectivity index (χ0) is 33.0. The predicted molar refractivity (Wildman–Crippen MR) is 212 cm³/mol. The second-order valence-corrected chi connectivity index (χ2v) is 13.5. The quantitative estimate of drug-likeness (QED) is 0.177. The molecule has 8 aromatic rings. The molecule has 2 heterocycles. The van der Waals surface area contributed by atoms with Gasteiger partial charge in [0, 0.05) is 49.5 Å². The summed E-state index contributed by atoms with van der Waals surface area (Å²) in [6.07, 6.45) is 13.0. The maximum atomic E-state index is 2.54. The first kappa shape index (κ1) is 28.9. The van der Waals surface area contributed by atoms with Gasteiger partial charge in [-0.05, 0) is 66.3 Å². The molecule has 0 amide bonds. The van der Waals surface area contributed by atoms with E-state index in [1.54, 1.807) is 0 Å². The Balaban J connectivity index is 1.13. The number of nitrogens with zero attached hydrogens (tertiary/aromatic N) is 2. The molecule has 2 aliphatic rings. The average molecular weight is 641 g/mol. The van der Waals surface area contributed by atoms with Crippen molar-refractivity contribution in [1.82, 2.24) is 9.13 Å². The molecule has 238 valence electrons. The first-order chi connectivity index (χ1) is 24.8. The molecule has 1 unspecified atom stereocenters. The smallest absolute Gasteiger partial charge is 0.0541 e. The monoisotopic (exact) mass is 640 g/mol. The largest absolute Gasteiger partial charge is 0.309 e. The van der Waals surface area contributed by atoms with E-state index in [9.17, 15) is 0 Å². The fourth-order valence-electron chi connectivity index (χ4n) is 8.43. The van der Waals surface area contributed by atoms with Crippen LogP contribution in [0, 0.1) is 0 Å². The van der Waals surface area contributed by atoms with E-state index in [2.05, 4.69) is 185 Å². The molecule has 2 aliphatic carbocycles. The van der Waals surface area contributed by atoms with Gasteiger partial charge in [-0.25, -0.2) is 0 Å². The summed E-state index contributed by atoms with van der Waals surface area (Å²) < 4.78 is 4.98. The summed E-state index contributed by atoms with van der Waals surface area (Å²) in [5.41, 5.74) is 12.7. The molecule has 0 radical (unpaired) electrons. The minimum absolute atomic E-state index is 0.286. The van der Waals surface area contributed by atoms with Gasteiger partial charge < -0.3 is 9.13 Å². The highest BCUT2D eigenvalue weighted by Gasteiger charge is 2.22. The highest BCUT2D eigenvalue weighted by atomic mass is 15.0. The molecule has 0 fully saturated rings. The summed E-state index contributed by atoms with van der Waals surface area (Å²) in [4.78, 5) is 0. The minimum Gasteiger partial charge on any atom is -0.309 e. The summed E-state index contributed by atoms with van der Waals surface area (Å²) in [6, 6.07) is 55.4. The number of rotatable bonds is 5. The molecule has 0 saturated carbocycles. The highest BCUT2D eigenvalue weighted by molar-refractivity contribution is 6.10. The Morgan fingerprint density at radius 2 is 1.12 bits per heavy atom. The number of benzene rings is 6. The standard InChI is InChI=1S/C48H36N2/c1-3-15-33(16-4-1)37-19-7-11-23-43(37)49-45-25-13-9-21-39(45)41-31-35(27-29-47(41)49)36-28-30-48-42(32-36)40-22-10-14-26-46(40)50(48)44-24-12-8-20-38(44)34-17-5-2-6-18-34/h1-7,9-11,13-27,29-32,36H,8,12,28H2. The predicted octanol–water partition coefficient (Wildman–Crippen LogP) is 10.9. The van der Waals surface area contributed by atoms with E-state index in [0.29, 0.717) is 0 Å². The van der Waals surface area contributed by atoms with Crippen LogP contribution in [0.5, 0.6) is 0 Å². The number of fused-ring (bicyclic) bond motifs is 6. The Labute approximate surface area is 291 Å². The number of aromatic nitrogens is 2. The van der Waals surface area contributed by atoms with E-state index in [4.69, 9.17) is 0 Å². The summed E-state index contributed by atoms with van der Waals surface area (Å²) in [5, 5.41) is 6.56. The van der Waals surface area contributed by atoms with Crippen LogP contribution in [0.15, 0.2) is 164 Å². The van der Waals surface area contributed by atoms with Gasteiger partial charge in [0.2, 0.25) is 0 Å². The number of hydrogen-bond donors (Lipinski definition) is 0. The fraction of sp³-hybridized carbons (Fsp3) is 0.0833. The van der Waals surface area contributed by atoms with Crippen molar-refractivity contribution in [3.05, 3.63) is 186 Å². The van der Waals surface area contributed by atoms with E-state index < -0.39 is 0 Å². The summed E-state index contributed by atoms with van der Waals surface area (Å²) in [7, 11) is 0. The molecule has 2 aromatic heterocycles. The maximum absolute atomic E-state index is 2.54. The molecule has 6 aromatic carbocycles. The molecule has 0 spiro atoms. The van der Waals surface area contributed by atoms with Gasteiger partial charge >= 0.3 is 0 Å². The Bertz CT molecular complexity index is 2770. The van der Waals surface area contributed by atoms with Crippen LogP contribution < -0.4 is 10.6 Å². The maximum Gasteiger partial charge on any atom is 0.0541 e. The SMILES string of the molecule is C1=C(c2ccccc2)C(n2c3c(c4ccccc42)=CC(c2ccc4c(c2)c2ccccc2n4-c2ccccc2-c2ccccc2)CC=3)=CCC1. The van der Waals surface area contributed by atoms with Gasteiger partial charge in [0.05, 0.1) is 22.2 Å². The number of allylic oxidation sites excluding steroid dienone is 4. The molecular formula is C48H36N2. The summed E-state index contributed by atoms with van der Waals surface area (Å²) in [5.74, 6) is 0.286. The van der Waals surface area contributed by atoms with Crippen molar-refractivity contribution in [1.29, 1.82) is 0 Å². The van der Waals surface area contributed by atoms with Gasteiger partial charge in [0.1, 0.15) is 0 Å². The highest BCUT2D eigenvalue weighted by Crippen LogP contribution is 2.39. The molecule has 0 saturated heterocycles. The molecule has 10 rings (SSSR count). The van der Waals surface area contributed by atoms with Crippen LogP contribution in [0.3, 0.4) is 0 Å². The second-order valence-electron chi connectivity index (χ2n) is 13.5. The Hall–Kier alpha value is -6.12. The molecule has 2 nitrogen and oxygen atoms in total. The van der Waals surface area contributed by atoms with Gasteiger partial charge in [-0.1, -0.05) is 146 Å². The minimum atomic E-state index is 0.286. The van der Waals surface area contributed by atoms with Crippen molar-refractivity contribution in [2.24, 2.45) is 0 Å². The second kappa shape index (κ2) is 11.8. The van der Waals surface area contributed by atoms with Crippen LogP contribution in [-0.4, -0.2) is 9.13 Å². The lowest BCUT2D eigenvalue weighted by Crippen LogP contribution is -2.32. The van der Waals surface area contributed by atoms with E-state index in [1.807, 2.05) is 0 Å². The molecular weight excluding hydrogens is 605 g/mol. The van der Waals surface area contributed by atoms with Crippen molar-refractivity contribution in [2.45, 2.75) is 25.2 Å². The fourth-order valence-corrected chi connectivity index (χ4v) is 8.43. The first-order valence-corrected chi connectivity index (χ1v) is 17.8. The molecule has 1 atom stereocenters. The molecule has 50 heavy (non-hydrogen) atoms. The Morgan fingerprint density at radius 3 is 1.94 bits per heavy atom. The first-order valence-electron chi connectivity index (χ1n) is 17.8. The number of para-hydroxylation sites is 3. The van der Waals surface area contributed by atoms with Gasteiger partial charge in [-0.3, -0.25) is 0 Å². The zero-order valence-corrected chi connectivity index (χ0v) is 27.8. The van der Waals surface area contributed by atoms with E-state index >= 15 is 0 Å². The van der Waals surface area contributed by atoms with Gasteiger partial charge in [-0.2, -0.15) is 0 Å². The van der Waals surface area contributed by atoms with Crippen LogP contribution in [0.4, 0.5) is 0 Å². The van der Waals surface area contributed by atoms with Crippen LogP contribution in [0.2, 0.25) is 0 Å². The summed E-state index contributed by atoms with van der Waals surface area (Å²) in [6.45, 7) is 0. The lowest BCUT2D eigenvalue weighted by atomic mass is 9.90. The van der Waals surface area contributed by atoms with Crippen LogP contribution in [0.1, 0.15) is 36.3 Å². The third-order valence-electron chi connectivity index (χ3n) is 10.7. The van der Waals surface area contributed by atoms with E-state index in [-0.39, 0.29) is 5.92 Å². The Kier molecular flexibility index (Phi) is 6.80. The zero-order valence-electron chi connectivity index (χ0n) is 27.8. The van der Waals surface area contributed by atoms with Crippen LogP contribution in [0.25, 0.3) is 72.9 Å². The molecule has 0 N–H and O–H groups in total. The normalized spacial score (nSPS) is 15.7. The van der Waals surface area contributed by atoms with Crippen LogP contribution >= 0.6 is 0 Å². The van der Waals surface area contributed by atoms with Gasteiger partial charge in [0.25, 0.3) is 0 Å². The third kappa shape index (κ3) is 4.56. The number of hydrogen-bond acceptors (Lipinski definition) is 0. The Morgan fingerprint density at radius 1 is 0.480 bits per heavy atom. The van der Waals surface area contributed by atoms with Crippen molar-refractivity contribution in [2.75, 3.05) is 0 Å². The van der Waals surface area contributed by atoms with Gasteiger partial charge in [0.15, 0.2) is 0 Å². The van der Waals surface area contributed by atoms with E-state index in [1.165, 1.54) is 82.5 Å². The molecule has 0 aliphatic heterocycles. The van der Waals surface area contributed by atoms with Crippen molar-refractivity contribution in [3.8, 4) is 16.8 Å². The topological polar surface area (TPSA) is 9.86 Å². The van der Waals surface area contributed by atoms with Crippen molar-refractivity contribution in [3.63, 3.8) is 0 Å². The van der Waals surface area contributed by atoms with E-state index in [0.717, 1.165) is 19.3 Å².